The smallest absolute Gasteiger partial charge is 0.127 e. The van der Waals surface area contributed by atoms with Crippen LogP contribution in [0.4, 0.5) is 10.1 Å². The van der Waals surface area contributed by atoms with E-state index in [0.29, 0.717) is 5.92 Å². The standard InChI is InChI=1S/C14H17FN2/c1-11-4-2-3-9-14(11,10-16)17-13-7-5-12(15)6-8-13/h5-8,11,17H,2-4,9H2,1H3. The van der Waals surface area contributed by atoms with Crippen LogP contribution in [0.3, 0.4) is 0 Å². The Hall–Kier alpha value is -1.56. The third kappa shape index (κ3) is 2.41. The highest BCUT2D eigenvalue weighted by Gasteiger charge is 2.38. The normalized spacial score (nSPS) is 28.4. The quantitative estimate of drug-likeness (QED) is 0.843. The van der Waals surface area contributed by atoms with Crippen LogP contribution < -0.4 is 5.32 Å². The second-order valence-corrected chi connectivity index (χ2v) is 4.86. The fourth-order valence-electron chi connectivity index (χ4n) is 2.52. The summed E-state index contributed by atoms with van der Waals surface area (Å²) in [6.45, 7) is 2.11. The lowest BCUT2D eigenvalue weighted by atomic mass is 9.74. The molecular formula is C14H17FN2. The zero-order valence-corrected chi connectivity index (χ0v) is 10.0. The lowest BCUT2D eigenvalue weighted by Crippen LogP contribution is -2.45. The van der Waals surface area contributed by atoms with Crippen molar-refractivity contribution in [1.29, 1.82) is 5.26 Å². The minimum absolute atomic E-state index is 0.252. The van der Waals surface area contributed by atoms with Crippen molar-refractivity contribution in [3.63, 3.8) is 0 Å². The van der Waals surface area contributed by atoms with Crippen LogP contribution in [0.15, 0.2) is 24.3 Å². The number of halogens is 1. The van der Waals surface area contributed by atoms with E-state index in [4.69, 9.17) is 0 Å². The van der Waals surface area contributed by atoms with Crippen LogP contribution in [-0.2, 0) is 0 Å². The lowest BCUT2D eigenvalue weighted by Gasteiger charge is -2.38. The molecule has 1 aliphatic rings. The molecule has 17 heavy (non-hydrogen) atoms. The monoisotopic (exact) mass is 232 g/mol. The summed E-state index contributed by atoms with van der Waals surface area (Å²) in [7, 11) is 0. The molecule has 0 aliphatic heterocycles. The molecule has 90 valence electrons. The molecule has 0 aromatic heterocycles. The van der Waals surface area contributed by atoms with Crippen molar-refractivity contribution in [3.05, 3.63) is 30.1 Å². The van der Waals surface area contributed by atoms with Gasteiger partial charge in [-0.25, -0.2) is 4.39 Å². The third-order valence-corrected chi connectivity index (χ3v) is 3.71. The van der Waals surface area contributed by atoms with E-state index in [9.17, 15) is 9.65 Å². The zero-order valence-electron chi connectivity index (χ0n) is 10.0. The van der Waals surface area contributed by atoms with Crippen LogP contribution in [0.25, 0.3) is 0 Å². The average Bonchev–Trinajstić information content (AvgIpc) is 2.35. The predicted octanol–water partition coefficient (Wildman–Crippen LogP) is 3.71. The minimum atomic E-state index is -0.490. The molecule has 2 atom stereocenters. The van der Waals surface area contributed by atoms with Crippen molar-refractivity contribution in [1.82, 2.24) is 0 Å². The van der Waals surface area contributed by atoms with Crippen LogP contribution in [0, 0.1) is 23.1 Å². The van der Waals surface area contributed by atoms with Crippen LogP contribution in [0.1, 0.15) is 32.6 Å². The maximum atomic E-state index is 12.8. The van der Waals surface area contributed by atoms with Gasteiger partial charge in [0, 0.05) is 5.69 Å². The Kier molecular flexibility index (Phi) is 3.33. The van der Waals surface area contributed by atoms with Crippen molar-refractivity contribution in [2.75, 3.05) is 5.32 Å². The maximum absolute atomic E-state index is 12.8. The molecule has 0 radical (unpaired) electrons. The molecule has 1 aromatic carbocycles. The molecule has 1 aromatic rings. The van der Waals surface area contributed by atoms with Gasteiger partial charge in [-0.2, -0.15) is 5.26 Å². The Labute approximate surface area is 101 Å². The summed E-state index contributed by atoms with van der Waals surface area (Å²) < 4.78 is 12.8. The second kappa shape index (κ2) is 4.75. The number of nitrogens with zero attached hydrogens (tertiary/aromatic N) is 1. The molecule has 0 heterocycles. The van der Waals surface area contributed by atoms with Crippen LogP contribution in [0.2, 0.25) is 0 Å². The van der Waals surface area contributed by atoms with Gasteiger partial charge in [-0.3, -0.25) is 0 Å². The van der Waals surface area contributed by atoms with E-state index < -0.39 is 5.54 Å². The lowest BCUT2D eigenvalue weighted by molar-refractivity contribution is 0.286. The van der Waals surface area contributed by atoms with Crippen molar-refractivity contribution in [3.8, 4) is 6.07 Å². The number of hydrogen-bond donors (Lipinski definition) is 1. The molecule has 0 saturated heterocycles. The van der Waals surface area contributed by atoms with Gasteiger partial charge in [0.15, 0.2) is 0 Å². The van der Waals surface area contributed by atoms with Gasteiger partial charge in [-0.1, -0.05) is 19.8 Å². The molecule has 1 aliphatic carbocycles. The Morgan fingerprint density at radius 1 is 1.35 bits per heavy atom. The van der Waals surface area contributed by atoms with E-state index in [-0.39, 0.29) is 5.82 Å². The molecule has 0 spiro atoms. The fourth-order valence-corrected chi connectivity index (χ4v) is 2.52. The highest BCUT2D eigenvalue weighted by atomic mass is 19.1. The van der Waals surface area contributed by atoms with E-state index in [1.807, 2.05) is 0 Å². The second-order valence-electron chi connectivity index (χ2n) is 4.86. The molecule has 2 rings (SSSR count). The van der Waals surface area contributed by atoms with E-state index >= 15 is 0 Å². The van der Waals surface area contributed by atoms with Gasteiger partial charge >= 0.3 is 0 Å². The van der Waals surface area contributed by atoms with E-state index in [0.717, 1.165) is 24.9 Å². The van der Waals surface area contributed by atoms with Crippen LogP contribution in [-0.4, -0.2) is 5.54 Å². The van der Waals surface area contributed by atoms with Crippen LogP contribution >= 0.6 is 0 Å². The van der Waals surface area contributed by atoms with Crippen molar-refractivity contribution in [2.24, 2.45) is 5.92 Å². The van der Waals surface area contributed by atoms with E-state index in [1.165, 1.54) is 18.6 Å². The summed E-state index contributed by atoms with van der Waals surface area (Å²) in [5, 5.41) is 12.7. The summed E-state index contributed by atoms with van der Waals surface area (Å²) in [5.74, 6) is 0.0737. The van der Waals surface area contributed by atoms with Gasteiger partial charge < -0.3 is 5.32 Å². The highest BCUT2D eigenvalue weighted by Crippen LogP contribution is 2.35. The Balaban J connectivity index is 2.19. The maximum Gasteiger partial charge on any atom is 0.127 e. The Morgan fingerprint density at radius 3 is 2.65 bits per heavy atom. The first-order chi connectivity index (χ1) is 8.16. The minimum Gasteiger partial charge on any atom is -0.367 e. The number of nitriles is 1. The van der Waals surface area contributed by atoms with Gasteiger partial charge in [0.05, 0.1) is 6.07 Å². The number of benzene rings is 1. The summed E-state index contributed by atoms with van der Waals surface area (Å²) in [4.78, 5) is 0. The number of nitrogens with one attached hydrogen (secondary N) is 1. The van der Waals surface area contributed by atoms with Crippen molar-refractivity contribution in [2.45, 2.75) is 38.1 Å². The summed E-state index contributed by atoms with van der Waals surface area (Å²) >= 11 is 0. The van der Waals surface area contributed by atoms with Gasteiger partial charge in [-0.05, 0) is 43.0 Å². The highest BCUT2D eigenvalue weighted by molar-refractivity contribution is 5.48. The average molecular weight is 232 g/mol. The number of rotatable bonds is 2. The molecule has 1 saturated carbocycles. The molecule has 0 amide bonds. The molecule has 2 unspecified atom stereocenters. The van der Waals surface area contributed by atoms with Gasteiger partial charge in [0.1, 0.15) is 11.4 Å². The predicted molar refractivity (Wildman–Crippen MR) is 66.0 cm³/mol. The largest absolute Gasteiger partial charge is 0.367 e. The SMILES string of the molecule is CC1CCCCC1(C#N)Nc1ccc(F)cc1. The van der Waals surface area contributed by atoms with E-state index in [1.54, 1.807) is 12.1 Å². The first kappa shape index (κ1) is 11.9. The van der Waals surface area contributed by atoms with Crippen molar-refractivity contribution < 1.29 is 4.39 Å². The Morgan fingerprint density at radius 2 is 2.06 bits per heavy atom. The third-order valence-electron chi connectivity index (χ3n) is 3.71. The fraction of sp³-hybridized carbons (Fsp3) is 0.500. The topological polar surface area (TPSA) is 35.8 Å². The van der Waals surface area contributed by atoms with E-state index in [2.05, 4.69) is 18.3 Å². The first-order valence-corrected chi connectivity index (χ1v) is 6.11. The first-order valence-electron chi connectivity index (χ1n) is 6.11. The van der Waals surface area contributed by atoms with Gasteiger partial charge in [-0.15, -0.1) is 0 Å². The molecule has 1 N–H and O–H groups in total. The molecular weight excluding hydrogens is 215 g/mol. The zero-order chi connectivity index (χ0) is 12.3. The van der Waals surface area contributed by atoms with Gasteiger partial charge in [0.25, 0.3) is 0 Å². The molecule has 3 heteroatoms. The summed E-state index contributed by atoms with van der Waals surface area (Å²) in [5.41, 5.74) is 0.331. The number of hydrogen-bond acceptors (Lipinski definition) is 2. The summed E-state index contributed by atoms with van der Waals surface area (Å²) in [6.07, 6.45) is 4.20. The van der Waals surface area contributed by atoms with Gasteiger partial charge in [0.2, 0.25) is 0 Å². The molecule has 2 nitrogen and oxygen atoms in total. The van der Waals surface area contributed by atoms with Crippen LogP contribution in [0.5, 0.6) is 0 Å². The van der Waals surface area contributed by atoms with Crippen molar-refractivity contribution >= 4 is 5.69 Å². The summed E-state index contributed by atoms with van der Waals surface area (Å²) in [6, 6.07) is 8.64. The number of anilines is 1. The molecule has 1 fully saturated rings. The molecule has 0 bridgehead atoms. The Bertz CT molecular complexity index is 421.